The molecule has 1 saturated carbocycles. The van der Waals surface area contributed by atoms with Crippen molar-refractivity contribution >= 4 is 17.5 Å². The molecule has 1 heterocycles. The van der Waals surface area contributed by atoms with E-state index in [2.05, 4.69) is 21.8 Å². The van der Waals surface area contributed by atoms with Crippen LogP contribution >= 0.6 is 11.6 Å². The monoisotopic (exact) mass is 255 g/mol. The molecule has 0 unspecified atom stereocenters. The Hall–Kier alpha value is -0.700. The molecule has 2 rings (SSSR count). The predicted molar refractivity (Wildman–Crippen MR) is 72.6 cm³/mol. The lowest BCUT2D eigenvalue weighted by molar-refractivity contribution is 0.237. The Morgan fingerprint density at radius 1 is 1.41 bits per heavy atom. The molecular weight excluding hydrogens is 234 g/mol. The highest BCUT2D eigenvalue weighted by Gasteiger charge is 2.31. The number of rotatable bonds is 5. The van der Waals surface area contributed by atoms with Crippen molar-refractivity contribution in [3.8, 4) is 0 Å². The summed E-state index contributed by atoms with van der Waals surface area (Å²) in [5.41, 5.74) is 0.282. The third kappa shape index (κ3) is 2.95. The first-order valence-electron chi connectivity index (χ1n) is 6.61. The van der Waals surface area contributed by atoms with Crippen LogP contribution in [0, 0.1) is 5.41 Å². The highest BCUT2D eigenvalue weighted by molar-refractivity contribution is 6.18. The van der Waals surface area contributed by atoms with Gasteiger partial charge in [0, 0.05) is 36.8 Å². The fourth-order valence-electron chi connectivity index (χ4n) is 2.66. The molecule has 0 aliphatic heterocycles. The summed E-state index contributed by atoms with van der Waals surface area (Å²) < 4.78 is 2.13. The third-order valence-electron chi connectivity index (χ3n) is 3.88. The third-order valence-corrected chi connectivity index (χ3v) is 4.44. The zero-order chi connectivity index (χ0) is 12.1. The first-order chi connectivity index (χ1) is 8.29. The molecule has 0 bridgehead atoms. The Balaban J connectivity index is 1.95. The number of alkyl halides is 1. The minimum absolute atomic E-state index is 0.282. The highest BCUT2D eigenvalue weighted by atomic mass is 35.5. The van der Waals surface area contributed by atoms with E-state index in [-0.39, 0.29) is 5.41 Å². The lowest BCUT2D eigenvalue weighted by atomic mass is 9.75. The summed E-state index contributed by atoms with van der Waals surface area (Å²) in [7, 11) is 0. The van der Waals surface area contributed by atoms with E-state index in [9.17, 15) is 0 Å². The van der Waals surface area contributed by atoms with E-state index in [0.29, 0.717) is 0 Å². The van der Waals surface area contributed by atoms with Crippen LogP contribution in [0.25, 0.3) is 0 Å². The number of halogens is 1. The second-order valence-electron chi connectivity index (χ2n) is 5.08. The molecule has 1 fully saturated rings. The van der Waals surface area contributed by atoms with Crippen molar-refractivity contribution in [1.82, 2.24) is 9.55 Å². The molecule has 1 aliphatic rings. The summed E-state index contributed by atoms with van der Waals surface area (Å²) in [6.07, 6.45) is 10.3. The lowest BCUT2D eigenvalue weighted by Crippen LogP contribution is -2.34. The van der Waals surface area contributed by atoms with Gasteiger partial charge in [0.1, 0.15) is 0 Å². The van der Waals surface area contributed by atoms with Crippen LogP contribution < -0.4 is 5.32 Å². The van der Waals surface area contributed by atoms with Crippen molar-refractivity contribution in [2.75, 3.05) is 17.7 Å². The van der Waals surface area contributed by atoms with Crippen molar-refractivity contribution in [3.05, 3.63) is 12.4 Å². The molecule has 0 radical (unpaired) electrons. The van der Waals surface area contributed by atoms with E-state index in [1.165, 1.54) is 32.1 Å². The topological polar surface area (TPSA) is 29.9 Å². The van der Waals surface area contributed by atoms with E-state index >= 15 is 0 Å². The molecular formula is C13H22ClN3. The SMILES string of the molecule is CCn1ccnc1NCC1(CCl)CCCCC1. The second-order valence-corrected chi connectivity index (χ2v) is 5.35. The van der Waals surface area contributed by atoms with Crippen molar-refractivity contribution in [2.24, 2.45) is 5.41 Å². The minimum Gasteiger partial charge on any atom is -0.355 e. The van der Waals surface area contributed by atoms with Gasteiger partial charge in [-0.05, 0) is 19.8 Å². The van der Waals surface area contributed by atoms with Gasteiger partial charge >= 0.3 is 0 Å². The maximum atomic E-state index is 6.18. The largest absolute Gasteiger partial charge is 0.355 e. The van der Waals surface area contributed by atoms with Crippen molar-refractivity contribution < 1.29 is 0 Å². The quantitative estimate of drug-likeness (QED) is 0.816. The molecule has 0 spiro atoms. The molecule has 17 heavy (non-hydrogen) atoms. The molecule has 0 saturated heterocycles. The van der Waals surface area contributed by atoms with Gasteiger partial charge in [-0.15, -0.1) is 11.6 Å². The summed E-state index contributed by atoms with van der Waals surface area (Å²) in [4.78, 5) is 4.35. The Morgan fingerprint density at radius 3 is 2.82 bits per heavy atom. The maximum Gasteiger partial charge on any atom is 0.202 e. The van der Waals surface area contributed by atoms with Crippen LogP contribution in [-0.2, 0) is 6.54 Å². The fraction of sp³-hybridized carbons (Fsp3) is 0.769. The van der Waals surface area contributed by atoms with Gasteiger partial charge in [-0.1, -0.05) is 19.3 Å². The van der Waals surface area contributed by atoms with Crippen molar-refractivity contribution in [2.45, 2.75) is 45.6 Å². The molecule has 1 aromatic rings. The van der Waals surface area contributed by atoms with Gasteiger partial charge in [0.2, 0.25) is 5.95 Å². The number of aryl methyl sites for hydroxylation is 1. The molecule has 3 nitrogen and oxygen atoms in total. The molecule has 1 N–H and O–H groups in total. The number of nitrogens with zero attached hydrogens (tertiary/aromatic N) is 2. The summed E-state index contributed by atoms with van der Waals surface area (Å²) in [6, 6.07) is 0. The smallest absolute Gasteiger partial charge is 0.202 e. The average molecular weight is 256 g/mol. The Bertz CT molecular complexity index is 342. The van der Waals surface area contributed by atoms with Crippen molar-refractivity contribution in [3.63, 3.8) is 0 Å². The summed E-state index contributed by atoms with van der Waals surface area (Å²) in [5, 5.41) is 3.47. The van der Waals surface area contributed by atoms with E-state index in [1.807, 2.05) is 12.4 Å². The van der Waals surface area contributed by atoms with Crippen LogP contribution in [-0.4, -0.2) is 22.0 Å². The van der Waals surface area contributed by atoms with E-state index in [4.69, 9.17) is 11.6 Å². The van der Waals surface area contributed by atoms with Gasteiger partial charge in [0.05, 0.1) is 0 Å². The number of aromatic nitrogens is 2. The Kier molecular flexibility index (Phi) is 4.32. The van der Waals surface area contributed by atoms with Crippen molar-refractivity contribution in [1.29, 1.82) is 0 Å². The predicted octanol–water partition coefficient (Wildman–Crippen LogP) is 3.50. The summed E-state index contributed by atoms with van der Waals surface area (Å²) in [5.74, 6) is 1.73. The molecule has 96 valence electrons. The number of imidazole rings is 1. The van der Waals surface area contributed by atoms with Gasteiger partial charge in [-0.3, -0.25) is 0 Å². The molecule has 1 aliphatic carbocycles. The van der Waals surface area contributed by atoms with E-state index < -0.39 is 0 Å². The van der Waals surface area contributed by atoms with Crippen LogP contribution in [0.3, 0.4) is 0 Å². The zero-order valence-electron chi connectivity index (χ0n) is 10.6. The molecule has 4 heteroatoms. The first-order valence-corrected chi connectivity index (χ1v) is 7.14. The Labute approximate surface area is 109 Å². The lowest BCUT2D eigenvalue weighted by Gasteiger charge is -2.35. The second kappa shape index (κ2) is 5.76. The van der Waals surface area contributed by atoms with Gasteiger partial charge < -0.3 is 9.88 Å². The Morgan fingerprint density at radius 2 is 2.18 bits per heavy atom. The highest BCUT2D eigenvalue weighted by Crippen LogP contribution is 2.37. The zero-order valence-corrected chi connectivity index (χ0v) is 11.3. The van der Waals surface area contributed by atoms with E-state index in [0.717, 1.165) is 24.9 Å². The number of anilines is 1. The molecule has 0 aromatic carbocycles. The van der Waals surface area contributed by atoms with Crippen LogP contribution in [0.2, 0.25) is 0 Å². The standard InChI is InChI=1S/C13H22ClN3/c1-2-17-9-8-15-12(17)16-11-13(10-14)6-4-3-5-7-13/h8-9H,2-7,10-11H2,1H3,(H,15,16). The normalized spacial score (nSPS) is 19.2. The van der Waals surface area contributed by atoms with Gasteiger partial charge in [-0.25, -0.2) is 4.98 Å². The van der Waals surface area contributed by atoms with E-state index in [1.54, 1.807) is 0 Å². The summed E-state index contributed by atoms with van der Waals surface area (Å²) in [6.45, 7) is 4.04. The first kappa shape index (κ1) is 12.7. The maximum absolute atomic E-state index is 6.18. The van der Waals surface area contributed by atoms with Crippen LogP contribution in [0.5, 0.6) is 0 Å². The molecule has 0 amide bonds. The molecule has 0 atom stereocenters. The van der Waals surface area contributed by atoms with Crippen LogP contribution in [0.1, 0.15) is 39.0 Å². The van der Waals surface area contributed by atoms with Gasteiger partial charge in [-0.2, -0.15) is 0 Å². The minimum atomic E-state index is 0.282. The van der Waals surface area contributed by atoms with Crippen LogP contribution in [0.4, 0.5) is 5.95 Å². The number of hydrogen-bond donors (Lipinski definition) is 1. The number of hydrogen-bond acceptors (Lipinski definition) is 2. The van der Waals surface area contributed by atoms with Gasteiger partial charge in [0.15, 0.2) is 0 Å². The van der Waals surface area contributed by atoms with Crippen LogP contribution in [0.15, 0.2) is 12.4 Å². The average Bonchev–Trinajstić information content (AvgIpc) is 2.85. The number of nitrogens with one attached hydrogen (secondary N) is 1. The molecule has 1 aromatic heterocycles. The summed E-state index contributed by atoms with van der Waals surface area (Å²) >= 11 is 6.18. The van der Waals surface area contributed by atoms with Gasteiger partial charge in [0.25, 0.3) is 0 Å². The fourth-order valence-corrected chi connectivity index (χ4v) is 3.02.